The van der Waals surface area contributed by atoms with E-state index in [2.05, 4.69) is 0 Å². The van der Waals surface area contributed by atoms with Gasteiger partial charge in [-0.2, -0.15) is 0 Å². The lowest BCUT2D eigenvalue weighted by Crippen LogP contribution is -2.29. The van der Waals surface area contributed by atoms with Crippen molar-refractivity contribution in [1.29, 1.82) is 0 Å². The van der Waals surface area contributed by atoms with E-state index in [0.29, 0.717) is 10.8 Å². The van der Waals surface area contributed by atoms with Crippen molar-refractivity contribution in [1.82, 2.24) is 0 Å². The predicted octanol–water partition coefficient (Wildman–Crippen LogP) is 5.08. The highest BCUT2D eigenvalue weighted by Gasteiger charge is 2.20. The first-order chi connectivity index (χ1) is 12.1. The molecule has 4 heteroatoms. The van der Waals surface area contributed by atoms with Crippen LogP contribution in [0.2, 0.25) is 5.02 Å². The van der Waals surface area contributed by atoms with Gasteiger partial charge in [-0.3, -0.25) is 0 Å². The minimum atomic E-state index is -0.998. The SMILES string of the molecule is O=C(O)C(Cc1ccc(Cl)cc1)Oc1ccc(-c2ccccc2)cc1. The smallest absolute Gasteiger partial charge is 0.345 e. The van der Waals surface area contributed by atoms with Gasteiger partial charge in [0.1, 0.15) is 5.75 Å². The summed E-state index contributed by atoms with van der Waals surface area (Å²) in [6, 6.07) is 24.5. The van der Waals surface area contributed by atoms with Crippen LogP contribution < -0.4 is 4.74 Å². The van der Waals surface area contributed by atoms with Crippen LogP contribution in [0.25, 0.3) is 11.1 Å². The second-order valence-corrected chi connectivity index (χ2v) is 6.10. The molecule has 0 saturated carbocycles. The molecule has 3 aromatic carbocycles. The van der Waals surface area contributed by atoms with Gasteiger partial charge in [-0.05, 0) is 41.0 Å². The summed E-state index contributed by atoms with van der Waals surface area (Å²) >= 11 is 5.86. The maximum Gasteiger partial charge on any atom is 0.345 e. The van der Waals surface area contributed by atoms with Gasteiger partial charge in [0.15, 0.2) is 6.10 Å². The molecule has 0 saturated heterocycles. The second kappa shape index (κ2) is 7.86. The van der Waals surface area contributed by atoms with Crippen molar-refractivity contribution in [2.24, 2.45) is 0 Å². The fraction of sp³-hybridized carbons (Fsp3) is 0.0952. The van der Waals surface area contributed by atoms with E-state index in [1.165, 1.54) is 0 Å². The lowest BCUT2D eigenvalue weighted by Gasteiger charge is -2.15. The highest BCUT2D eigenvalue weighted by atomic mass is 35.5. The van der Waals surface area contributed by atoms with E-state index in [9.17, 15) is 9.90 Å². The molecule has 0 spiro atoms. The molecule has 0 bridgehead atoms. The molecule has 1 unspecified atom stereocenters. The van der Waals surface area contributed by atoms with Gasteiger partial charge in [0, 0.05) is 11.4 Å². The number of carboxylic acids is 1. The summed E-state index contributed by atoms with van der Waals surface area (Å²) < 4.78 is 5.67. The van der Waals surface area contributed by atoms with E-state index in [4.69, 9.17) is 16.3 Å². The lowest BCUT2D eigenvalue weighted by atomic mass is 10.1. The van der Waals surface area contributed by atoms with Crippen molar-refractivity contribution in [3.05, 3.63) is 89.4 Å². The first kappa shape index (κ1) is 17.1. The molecule has 3 aromatic rings. The van der Waals surface area contributed by atoms with E-state index < -0.39 is 12.1 Å². The molecule has 0 aromatic heterocycles. The van der Waals surface area contributed by atoms with Gasteiger partial charge in [-0.15, -0.1) is 0 Å². The Kier molecular flexibility index (Phi) is 5.36. The molecule has 0 heterocycles. The molecule has 0 aliphatic rings. The van der Waals surface area contributed by atoms with Crippen LogP contribution in [0.5, 0.6) is 5.75 Å². The largest absolute Gasteiger partial charge is 0.478 e. The standard InChI is InChI=1S/C21H17ClO3/c22-18-10-6-15(7-11-18)14-20(21(23)24)25-19-12-8-17(9-13-19)16-4-2-1-3-5-16/h1-13,20H,14H2,(H,23,24). The number of hydrogen-bond donors (Lipinski definition) is 1. The second-order valence-electron chi connectivity index (χ2n) is 5.67. The lowest BCUT2D eigenvalue weighted by molar-refractivity contribution is -0.145. The summed E-state index contributed by atoms with van der Waals surface area (Å²) in [5.41, 5.74) is 3.01. The monoisotopic (exact) mass is 352 g/mol. The third-order valence-electron chi connectivity index (χ3n) is 3.85. The molecule has 1 N–H and O–H groups in total. The summed E-state index contributed by atoms with van der Waals surface area (Å²) in [5, 5.41) is 10.1. The van der Waals surface area contributed by atoms with Crippen LogP contribution in [0.1, 0.15) is 5.56 Å². The fourth-order valence-corrected chi connectivity index (χ4v) is 2.66. The third kappa shape index (κ3) is 4.61. The number of hydrogen-bond acceptors (Lipinski definition) is 2. The Morgan fingerprint density at radius 3 is 2.08 bits per heavy atom. The summed E-state index contributed by atoms with van der Waals surface area (Å²) in [6.07, 6.45) is -0.684. The van der Waals surface area contributed by atoms with Crippen LogP contribution in [-0.2, 0) is 11.2 Å². The Balaban J connectivity index is 1.72. The number of rotatable bonds is 6. The van der Waals surface area contributed by atoms with Gasteiger partial charge in [-0.25, -0.2) is 4.79 Å². The van der Waals surface area contributed by atoms with Crippen molar-refractivity contribution >= 4 is 17.6 Å². The predicted molar refractivity (Wildman–Crippen MR) is 99.1 cm³/mol. The Bertz CT molecular complexity index is 827. The maximum absolute atomic E-state index is 11.5. The molecule has 3 nitrogen and oxygen atoms in total. The molecule has 126 valence electrons. The van der Waals surface area contributed by atoms with Crippen LogP contribution >= 0.6 is 11.6 Å². The first-order valence-corrected chi connectivity index (χ1v) is 8.29. The summed E-state index contributed by atoms with van der Waals surface area (Å²) in [4.78, 5) is 11.5. The van der Waals surface area contributed by atoms with Crippen molar-refractivity contribution in [3.8, 4) is 16.9 Å². The van der Waals surface area contributed by atoms with Gasteiger partial charge in [0.2, 0.25) is 0 Å². The highest BCUT2D eigenvalue weighted by molar-refractivity contribution is 6.30. The number of halogens is 1. The highest BCUT2D eigenvalue weighted by Crippen LogP contribution is 2.23. The molecule has 0 aliphatic heterocycles. The number of aliphatic carboxylic acids is 1. The van der Waals surface area contributed by atoms with Crippen LogP contribution in [0.3, 0.4) is 0 Å². The van der Waals surface area contributed by atoms with Crippen molar-refractivity contribution < 1.29 is 14.6 Å². The zero-order chi connectivity index (χ0) is 17.6. The number of carboxylic acid groups (broad SMARTS) is 1. The van der Waals surface area contributed by atoms with Crippen LogP contribution in [-0.4, -0.2) is 17.2 Å². The van der Waals surface area contributed by atoms with Gasteiger partial charge in [0.05, 0.1) is 0 Å². The maximum atomic E-state index is 11.5. The van der Waals surface area contributed by atoms with Gasteiger partial charge in [-0.1, -0.05) is 66.2 Å². The van der Waals surface area contributed by atoms with Gasteiger partial charge >= 0.3 is 5.97 Å². The van der Waals surface area contributed by atoms with Crippen LogP contribution in [0.4, 0.5) is 0 Å². The zero-order valence-corrected chi connectivity index (χ0v) is 14.2. The van der Waals surface area contributed by atoms with Crippen LogP contribution in [0, 0.1) is 0 Å². The number of carbonyl (C=O) groups is 1. The fourth-order valence-electron chi connectivity index (χ4n) is 2.53. The van der Waals surface area contributed by atoms with Gasteiger partial charge in [0.25, 0.3) is 0 Å². The molecule has 0 aliphatic carbocycles. The number of ether oxygens (including phenoxy) is 1. The average Bonchev–Trinajstić information content (AvgIpc) is 2.64. The first-order valence-electron chi connectivity index (χ1n) is 7.91. The molecule has 0 fully saturated rings. The van der Waals surface area contributed by atoms with Gasteiger partial charge < -0.3 is 9.84 Å². The topological polar surface area (TPSA) is 46.5 Å². The summed E-state index contributed by atoms with van der Waals surface area (Å²) in [7, 11) is 0. The molecule has 0 radical (unpaired) electrons. The molecule has 1 atom stereocenters. The Labute approximate surface area is 151 Å². The molecular weight excluding hydrogens is 336 g/mol. The van der Waals surface area contributed by atoms with E-state index in [1.54, 1.807) is 36.4 Å². The Morgan fingerprint density at radius 1 is 0.880 bits per heavy atom. The van der Waals surface area contributed by atoms with E-state index >= 15 is 0 Å². The van der Waals surface area contributed by atoms with E-state index in [0.717, 1.165) is 16.7 Å². The zero-order valence-electron chi connectivity index (χ0n) is 13.4. The van der Waals surface area contributed by atoms with Crippen molar-refractivity contribution in [2.45, 2.75) is 12.5 Å². The third-order valence-corrected chi connectivity index (χ3v) is 4.10. The van der Waals surface area contributed by atoms with Crippen LogP contribution in [0.15, 0.2) is 78.9 Å². The molecule has 0 amide bonds. The Hall–Kier alpha value is -2.78. The normalized spacial score (nSPS) is 11.7. The summed E-state index contributed by atoms with van der Waals surface area (Å²) in [6.45, 7) is 0. The number of benzene rings is 3. The minimum Gasteiger partial charge on any atom is -0.478 e. The molecule has 3 rings (SSSR count). The molecular formula is C21H17ClO3. The Morgan fingerprint density at radius 2 is 1.48 bits per heavy atom. The van der Waals surface area contributed by atoms with Crippen molar-refractivity contribution in [2.75, 3.05) is 0 Å². The summed E-state index contributed by atoms with van der Waals surface area (Å²) in [5.74, 6) is -0.469. The van der Waals surface area contributed by atoms with Crippen molar-refractivity contribution in [3.63, 3.8) is 0 Å². The molecule has 25 heavy (non-hydrogen) atoms. The average molecular weight is 353 g/mol. The van der Waals surface area contributed by atoms with E-state index in [-0.39, 0.29) is 6.42 Å². The quantitative estimate of drug-likeness (QED) is 0.672. The minimum absolute atomic E-state index is 0.271. The van der Waals surface area contributed by atoms with E-state index in [1.807, 2.05) is 42.5 Å².